The first-order chi connectivity index (χ1) is 4.77. The van der Waals surface area contributed by atoms with Crippen molar-refractivity contribution < 1.29 is 4.92 Å². The maximum Gasteiger partial charge on any atom is 0.238 e. The fraction of sp³-hybridized carbons (Fsp3) is 0.714. The number of unbranched alkanes of at least 4 members (excludes halogenated alkanes) is 3. The molecule has 0 rings (SSSR count). The van der Waals surface area contributed by atoms with Gasteiger partial charge in [-0.3, -0.25) is 10.1 Å². The third-order valence-corrected chi connectivity index (χ3v) is 1.12. The fourth-order valence-electron chi connectivity index (χ4n) is 0.616. The standard InChI is InChI=1S/C7H12NO2/c1-2-3-4-5-6-7-8(9)10/h7H,2-5H2,1H3. The molecule has 0 amide bonds. The van der Waals surface area contributed by atoms with Gasteiger partial charge in [0.15, 0.2) is 0 Å². The van der Waals surface area contributed by atoms with Gasteiger partial charge >= 0.3 is 0 Å². The lowest BCUT2D eigenvalue weighted by molar-refractivity contribution is -0.403. The Labute approximate surface area is 60.9 Å². The van der Waals surface area contributed by atoms with E-state index in [-0.39, 0.29) is 0 Å². The minimum atomic E-state index is -0.480. The first-order valence-corrected chi connectivity index (χ1v) is 3.47. The molecule has 0 saturated carbocycles. The lowest BCUT2D eigenvalue weighted by Crippen LogP contribution is -1.82. The second-order valence-electron chi connectivity index (χ2n) is 2.08. The molecule has 0 saturated heterocycles. The van der Waals surface area contributed by atoms with E-state index in [0.29, 0.717) is 6.42 Å². The van der Waals surface area contributed by atoms with Gasteiger partial charge in [-0.2, -0.15) is 0 Å². The molecular formula is C7H12NO2. The van der Waals surface area contributed by atoms with Gasteiger partial charge in [0.1, 0.15) is 0 Å². The van der Waals surface area contributed by atoms with Crippen molar-refractivity contribution in [2.24, 2.45) is 0 Å². The molecule has 0 aromatic carbocycles. The molecule has 57 valence electrons. The van der Waals surface area contributed by atoms with Crippen LogP contribution in [0.1, 0.15) is 32.6 Å². The van der Waals surface area contributed by atoms with Crippen LogP contribution >= 0.6 is 0 Å². The van der Waals surface area contributed by atoms with Crippen LogP contribution in [-0.2, 0) is 0 Å². The lowest BCUT2D eigenvalue weighted by Gasteiger charge is -1.87. The van der Waals surface area contributed by atoms with Gasteiger partial charge in [0.2, 0.25) is 6.20 Å². The van der Waals surface area contributed by atoms with Crippen molar-refractivity contribution >= 4 is 0 Å². The first-order valence-electron chi connectivity index (χ1n) is 3.47. The van der Waals surface area contributed by atoms with E-state index < -0.39 is 4.92 Å². The van der Waals surface area contributed by atoms with E-state index in [0.717, 1.165) is 25.5 Å². The molecule has 0 aliphatic heterocycles. The van der Waals surface area contributed by atoms with Crippen LogP contribution in [0.15, 0.2) is 6.20 Å². The summed E-state index contributed by atoms with van der Waals surface area (Å²) in [6, 6.07) is 0. The van der Waals surface area contributed by atoms with Crippen molar-refractivity contribution in [1.29, 1.82) is 0 Å². The van der Waals surface area contributed by atoms with E-state index in [4.69, 9.17) is 0 Å². The van der Waals surface area contributed by atoms with Crippen LogP contribution in [-0.4, -0.2) is 4.92 Å². The summed E-state index contributed by atoms with van der Waals surface area (Å²) in [7, 11) is 0. The molecule has 0 aromatic rings. The molecule has 0 spiro atoms. The Kier molecular flexibility index (Phi) is 5.72. The predicted octanol–water partition coefficient (Wildman–Crippen LogP) is 2.16. The van der Waals surface area contributed by atoms with E-state index in [2.05, 4.69) is 13.0 Å². The molecule has 0 heterocycles. The molecule has 0 aliphatic carbocycles. The Morgan fingerprint density at radius 3 is 2.80 bits per heavy atom. The molecular weight excluding hydrogens is 130 g/mol. The predicted molar refractivity (Wildman–Crippen MR) is 38.9 cm³/mol. The van der Waals surface area contributed by atoms with Gasteiger partial charge < -0.3 is 0 Å². The Morgan fingerprint density at radius 1 is 1.60 bits per heavy atom. The van der Waals surface area contributed by atoms with Gasteiger partial charge in [-0.1, -0.05) is 19.8 Å². The average Bonchev–Trinajstić information content (AvgIpc) is 1.87. The van der Waals surface area contributed by atoms with Gasteiger partial charge in [-0.15, -0.1) is 0 Å². The SMILES string of the molecule is CCCCC/[C]=C/[N+](=O)[O-]. The van der Waals surface area contributed by atoms with Gasteiger partial charge in [0.05, 0.1) is 4.92 Å². The topological polar surface area (TPSA) is 43.1 Å². The zero-order chi connectivity index (χ0) is 7.82. The molecule has 0 aliphatic rings. The largest absolute Gasteiger partial charge is 0.259 e. The molecule has 0 fully saturated rings. The monoisotopic (exact) mass is 142 g/mol. The van der Waals surface area contributed by atoms with Crippen molar-refractivity contribution in [1.82, 2.24) is 0 Å². The lowest BCUT2D eigenvalue weighted by atomic mass is 10.2. The summed E-state index contributed by atoms with van der Waals surface area (Å²) in [6.45, 7) is 2.09. The van der Waals surface area contributed by atoms with Crippen LogP contribution in [0.3, 0.4) is 0 Å². The highest BCUT2D eigenvalue weighted by Gasteiger charge is 1.85. The Hall–Kier alpha value is -0.860. The maximum atomic E-state index is 9.72. The summed E-state index contributed by atoms with van der Waals surface area (Å²) in [6.07, 6.45) is 7.45. The van der Waals surface area contributed by atoms with Crippen LogP contribution in [0.25, 0.3) is 0 Å². The Balaban J connectivity index is 3.10. The van der Waals surface area contributed by atoms with Crippen molar-refractivity contribution in [3.8, 4) is 0 Å². The average molecular weight is 142 g/mol. The molecule has 1 radical (unpaired) electrons. The number of allylic oxidation sites excluding steroid dienone is 1. The minimum absolute atomic E-state index is 0.480. The van der Waals surface area contributed by atoms with Crippen molar-refractivity contribution in [3.63, 3.8) is 0 Å². The fourth-order valence-corrected chi connectivity index (χ4v) is 0.616. The molecule has 10 heavy (non-hydrogen) atoms. The van der Waals surface area contributed by atoms with Gasteiger partial charge in [0.25, 0.3) is 0 Å². The van der Waals surface area contributed by atoms with Crippen molar-refractivity contribution in [2.45, 2.75) is 32.6 Å². The molecule has 3 nitrogen and oxygen atoms in total. The number of nitrogens with zero attached hydrogens (tertiary/aromatic N) is 1. The molecule has 0 aromatic heterocycles. The minimum Gasteiger partial charge on any atom is -0.259 e. The van der Waals surface area contributed by atoms with Crippen LogP contribution in [0, 0.1) is 16.2 Å². The van der Waals surface area contributed by atoms with Crippen LogP contribution in [0.5, 0.6) is 0 Å². The van der Waals surface area contributed by atoms with Gasteiger partial charge in [-0.05, 0) is 12.8 Å². The van der Waals surface area contributed by atoms with Gasteiger partial charge in [0, 0.05) is 6.08 Å². The Bertz CT molecular complexity index is 121. The third-order valence-electron chi connectivity index (χ3n) is 1.12. The highest BCUT2D eigenvalue weighted by Crippen LogP contribution is 1.98. The summed E-state index contributed by atoms with van der Waals surface area (Å²) in [4.78, 5) is 9.24. The number of rotatable bonds is 5. The smallest absolute Gasteiger partial charge is 0.238 e. The summed E-state index contributed by atoms with van der Waals surface area (Å²) >= 11 is 0. The van der Waals surface area contributed by atoms with E-state index in [1.807, 2.05) is 0 Å². The highest BCUT2D eigenvalue weighted by molar-refractivity contribution is 4.61. The first kappa shape index (κ1) is 9.14. The van der Waals surface area contributed by atoms with Crippen molar-refractivity contribution in [3.05, 3.63) is 22.4 Å². The summed E-state index contributed by atoms with van der Waals surface area (Å²) in [5.41, 5.74) is 0. The van der Waals surface area contributed by atoms with Crippen molar-refractivity contribution in [2.75, 3.05) is 0 Å². The normalized spacial score (nSPS) is 10.5. The summed E-state index contributed by atoms with van der Waals surface area (Å²) in [5.74, 6) is 0. The van der Waals surface area contributed by atoms with E-state index in [9.17, 15) is 10.1 Å². The summed E-state index contributed by atoms with van der Waals surface area (Å²) in [5, 5.41) is 9.72. The third kappa shape index (κ3) is 7.14. The second-order valence-corrected chi connectivity index (χ2v) is 2.08. The van der Waals surface area contributed by atoms with E-state index in [1.54, 1.807) is 0 Å². The molecule has 0 bridgehead atoms. The summed E-state index contributed by atoms with van der Waals surface area (Å²) < 4.78 is 0. The molecule has 3 heteroatoms. The Morgan fingerprint density at radius 2 is 2.30 bits per heavy atom. The highest BCUT2D eigenvalue weighted by atomic mass is 16.6. The zero-order valence-corrected chi connectivity index (χ0v) is 6.17. The molecule has 0 atom stereocenters. The number of hydrogen-bond donors (Lipinski definition) is 0. The van der Waals surface area contributed by atoms with Crippen LogP contribution < -0.4 is 0 Å². The quantitative estimate of drug-likeness (QED) is 0.335. The number of hydrogen-bond acceptors (Lipinski definition) is 2. The van der Waals surface area contributed by atoms with Crippen LogP contribution in [0.4, 0.5) is 0 Å². The zero-order valence-electron chi connectivity index (χ0n) is 6.17. The van der Waals surface area contributed by atoms with E-state index >= 15 is 0 Å². The number of nitro groups is 1. The molecule has 0 N–H and O–H groups in total. The maximum absolute atomic E-state index is 9.72. The van der Waals surface area contributed by atoms with Crippen LogP contribution in [0.2, 0.25) is 0 Å². The van der Waals surface area contributed by atoms with Gasteiger partial charge in [-0.25, -0.2) is 0 Å². The second kappa shape index (κ2) is 6.26. The molecule has 0 unspecified atom stereocenters. The van der Waals surface area contributed by atoms with E-state index in [1.165, 1.54) is 0 Å².